The summed E-state index contributed by atoms with van der Waals surface area (Å²) in [6.45, 7) is 8.30. The van der Waals surface area contributed by atoms with Gasteiger partial charge in [0.2, 0.25) is 0 Å². The molecule has 0 fully saturated rings. The minimum Gasteiger partial charge on any atom is -0.248 e. The summed E-state index contributed by atoms with van der Waals surface area (Å²) in [7, 11) is 0. The van der Waals surface area contributed by atoms with Gasteiger partial charge in [-0.1, -0.05) is 196 Å². The summed E-state index contributed by atoms with van der Waals surface area (Å²) in [5.41, 5.74) is 18.4. The zero-order valence-corrected chi connectivity index (χ0v) is 33.7. The Morgan fingerprint density at radius 3 is 1.60 bits per heavy atom. The summed E-state index contributed by atoms with van der Waals surface area (Å²) in [6.07, 6.45) is 2.21. The van der Waals surface area contributed by atoms with Gasteiger partial charge in [0.1, 0.15) is 0 Å². The first kappa shape index (κ1) is 37.8. The summed E-state index contributed by atoms with van der Waals surface area (Å²) in [4.78, 5) is 5.40. The van der Waals surface area contributed by atoms with E-state index in [2.05, 4.69) is 226 Å². The topological polar surface area (TPSA) is 12.9 Å². The SMILES string of the molecule is C/C=C(/c1cccc(-c2cc(-c3ccc(-c4cccc(-c5ccccc5)c4)cc3)cc(-c3cccc(-c4cccc5ccccc45)c3)n2)c1)c1ccccc1C.CC. The van der Waals surface area contributed by atoms with E-state index in [1.54, 1.807) is 0 Å². The molecule has 58 heavy (non-hydrogen) atoms. The van der Waals surface area contributed by atoms with Crippen molar-refractivity contribution in [3.8, 4) is 67.0 Å². The second-order valence-corrected chi connectivity index (χ2v) is 14.4. The minimum absolute atomic E-state index is 0.940. The van der Waals surface area contributed by atoms with E-state index in [-0.39, 0.29) is 0 Å². The number of benzene rings is 8. The van der Waals surface area contributed by atoms with Crippen LogP contribution in [0.4, 0.5) is 0 Å². The lowest BCUT2D eigenvalue weighted by molar-refractivity contribution is 1.32. The molecule has 0 N–H and O–H groups in total. The summed E-state index contributed by atoms with van der Waals surface area (Å²) >= 11 is 0. The number of rotatable bonds is 8. The third-order valence-corrected chi connectivity index (χ3v) is 10.8. The van der Waals surface area contributed by atoms with Gasteiger partial charge >= 0.3 is 0 Å². The predicted octanol–water partition coefficient (Wildman–Crippen LogP) is 16.0. The van der Waals surface area contributed by atoms with Crippen LogP contribution >= 0.6 is 0 Å². The van der Waals surface area contributed by atoms with Gasteiger partial charge in [-0.25, -0.2) is 4.98 Å². The van der Waals surface area contributed by atoms with Crippen molar-refractivity contribution < 1.29 is 0 Å². The fourth-order valence-electron chi connectivity index (χ4n) is 7.88. The second-order valence-electron chi connectivity index (χ2n) is 14.4. The van der Waals surface area contributed by atoms with E-state index in [0.717, 1.165) is 33.6 Å². The van der Waals surface area contributed by atoms with Gasteiger partial charge in [0.15, 0.2) is 0 Å². The monoisotopic (exact) mass is 745 g/mol. The first-order valence-corrected chi connectivity index (χ1v) is 20.3. The molecule has 8 aromatic carbocycles. The van der Waals surface area contributed by atoms with E-state index in [1.165, 1.54) is 66.4 Å². The predicted molar refractivity (Wildman–Crippen MR) is 250 cm³/mol. The van der Waals surface area contributed by atoms with E-state index in [4.69, 9.17) is 4.98 Å². The molecule has 0 saturated heterocycles. The van der Waals surface area contributed by atoms with Gasteiger partial charge in [0.05, 0.1) is 11.4 Å². The highest BCUT2D eigenvalue weighted by Crippen LogP contribution is 2.36. The van der Waals surface area contributed by atoms with E-state index in [9.17, 15) is 0 Å². The summed E-state index contributed by atoms with van der Waals surface area (Å²) in [5, 5.41) is 2.48. The van der Waals surface area contributed by atoms with Crippen molar-refractivity contribution >= 4 is 16.3 Å². The summed E-state index contributed by atoms with van der Waals surface area (Å²) in [5.74, 6) is 0. The van der Waals surface area contributed by atoms with Crippen LogP contribution in [0.2, 0.25) is 0 Å². The smallest absolute Gasteiger partial charge is 0.0715 e. The first-order valence-electron chi connectivity index (χ1n) is 20.3. The maximum atomic E-state index is 5.40. The molecule has 0 aliphatic heterocycles. The molecule has 1 heterocycles. The van der Waals surface area contributed by atoms with Crippen LogP contribution in [0.15, 0.2) is 212 Å². The molecule has 0 atom stereocenters. The van der Waals surface area contributed by atoms with Crippen LogP contribution in [-0.2, 0) is 0 Å². The van der Waals surface area contributed by atoms with Crippen LogP contribution in [0.5, 0.6) is 0 Å². The standard InChI is InChI=1S/C55H41N.C2H6/c1-3-50(51-26-9-7-15-38(51)2)45-22-12-24-47(34-45)54-36-49(41-31-29-40(30-32-41)44-21-11-20-43(33-44)39-16-5-4-6-17-39)37-55(56-54)48-25-13-23-46(35-48)53-28-14-19-42-18-8-10-27-52(42)53;1-2/h3-37H,1-2H3;1-2H3/b50-3-;. The van der Waals surface area contributed by atoms with Crippen LogP contribution in [0, 0.1) is 6.92 Å². The van der Waals surface area contributed by atoms with E-state index in [1.807, 2.05) is 13.8 Å². The third kappa shape index (κ3) is 7.94. The molecule has 0 amide bonds. The number of allylic oxidation sites excluding steroid dienone is 1. The number of pyridine rings is 1. The van der Waals surface area contributed by atoms with Crippen molar-refractivity contribution in [1.29, 1.82) is 0 Å². The maximum Gasteiger partial charge on any atom is 0.0715 e. The molecule has 0 bridgehead atoms. The molecule has 1 heteroatoms. The van der Waals surface area contributed by atoms with E-state index < -0.39 is 0 Å². The largest absolute Gasteiger partial charge is 0.248 e. The van der Waals surface area contributed by atoms with E-state index >= 15 is 0 Å². The number of fused-ring (bicyclic) bond motifs is 1. The Bertz CT molecular complexity index is 2860. The van der Waals surface area contributed by atoms with Gasteiger partial charge < -0.3 is 0 Å². The molecule has 9 rings (SSSR count). The molecule has 0 spiro atoms. The highest BCUT2D eigenvalue weighted by atomic mass is 14.7. The lowest BCUT2D eigenvalue weighted by Gasteiger charge is -2.15. The highest BCUT2D eigenvalue weighted by molar-refractivity contribution is 5.97. The quantitative estimate of drug-likeness (QED) is 0.151. The Morgan fingerprint density at radius 1 is 0.397 bits per heavy atom. The average Bonchev–Trinajstić information content (AvgIpc) is 3.31. The number of hydrogen-bond acceptors (Lipinski definition) is 1. The molecular weight excluding hydrogens is 699 g/mol. The Morgan fingerprint density at radius 2 is 0.897 bits per heavy atom. The van der Waals surface area contributed by atoms with Gasteiger partial charge in [-0.2, -0.15) is 0 Å². The van der Waals surface area contributed by atoms with Gasteiger partial charge in [-0.05, 0) is 122 Å². The molecule has 0 radical (unpaired) electrons. The zero-order valence-electron chi connectivity index (χ0n) is 33.7. The highest BCUT2D eigenvalue weighted by Gasteiger charge is 2.14. The molecule has 0 aliphatic rings. The number of hydrogen-bond donors (Lipinski definition) is 0. The zero-order chi connectivity index (χ0) is 39.8. The normalized spacial score (nSPS) is 11.2. The lowest BCUT2D eigenvalue weighted by atomic mass is 9.92. The molecule has 0 saturated carbocycles. The fourth-order valence-corrected chi connectivity index (χ4v) is 7.88. The molecule has 0 unspecified atom stereocenters. The van der Waals surface area contributed by atoms with Crippen molar-refractivity contribution in [3.63, 3.8) is 0 Å². The summed E-state index contributed by atoms with van der Waals surface area (Å²) in [6, 6.07) is 74.2. The molecule has 1 nitrogen and oxygen atoms in total. The number of aromatic nitrogens is 1. The van der Waals surface area contributed by atoms with Gasteiger partial charge in [-0.3, -0.25) is 0 Å². The number of aryl methyl sites for hydroxylation is 1. The first-order chi connectivity index (χ1) is 28.6. The van der Waals surface area contributed by atoms with Gasteiger partial charge in [0, 0.05) is 11.1 Å². The molecule has 0 aliphatic carbocycles. The van der Waals surface area contributed by atoms with Crippen LogP contribution in [0.3, 0.4) is 0 Å². The van der Waals surface area contributed by atoms with Crippen LogP contribution in [-0.4, -0.2) is 4.98 Å². The third-order valence-electron chi connectivity index (χ3n) is 10.8. The van der Waals surface area contributed by atoms with Crippen molar-refractivity contribution in [3.05, 3.63) is 229 Å². The van der Waals surface area contributed by atoms with Crippen LogP contribution < -0.4 is 0 Å². The van der Waals surface area contributed by atoms with Gasteiger partial charge in [0.25, 0.3) is 0 Å². The van der Waals surface area contributed by atoms with Crippen molar-refractivity contribution in [1.82, 2.24) is 4.98 Å². The van der Waals surface area contributed by atoms with E-state index in [0.29, 0.717) is 0 Å². The molecule has 280 valence electrons. The lowest BCUT2D eigenvalue weighted by Crippen LogP contribution is -1.94. The van der Waals surface area contributed by atoms with Crippen molar-refractivity contribution in [2.75, 3.05) is 0 Å². The Kier molecular flexibility index (Phi) is 11.3. The molecule has 1 aromatic heterocycles. The summed E-state index contributed by atoms with van der Waals surface area (Å²) < 4.78 is 0. The number of nitrogens with zero attached hydrogens (tertiary/aromatic N) is 1. The Balaban J connectivity index is 0.00000231. The van der Waals surface area contributed by atoms with Gasteiger partial charge in [-0.15, -0.1) is 0 Å². The van der Waals surface area contributed by atoms with Crippen LogP contribution in [0.25, 0.3) is 83.4 Å². The average molecular weight is 746 g/mol. The molecule has 9 aromatic rings. The maximum absolute atomic E-state index is 5.40. The fraction of sp³-hybridized carbons (Fsp3) is 0.0702. The van der Waals surface area contributed by atoms with Crippen LogP contribution in [0.1, 0.15) is 37.5 Å². The van der Waals surface area contributed by atoms with Crippen molar-refractivity contribution in [2.24, 2.45) is 0 Å². The molecular formula is C57H47N. The minimum atomic E-state index is 0.940. The Labute approximate surface area is 343 Å². The Hall–Kier alpha value is -7.09. The van der Waals surface area contributed by atoms with Crippen molar-refractivity contribution in [2.45, 2.75) is 27.7 Å². The second kappa shape index (κ2) is 17.4.